The van der Waals surface area contributed by atoms with Gasteiger partial charge >= 0.3 is 0 Å². The number of nitrogens with zero attached hydrogens (tertiary/aromatic N) is 2. The van der Waals surface area contributed by atoms with Crippen LogP contribution in [-0.4, -0.2) is 16.3 Å². The standard InChI is InChI=1S/C24H25ClN2O/c25-21-8-6-20(7-9-21)23-27(22(26-28-23)19-4-2-1-3-5-19)24-13-16-10-17(14-24)12-18(11-16)15-24/h1-9,16-18,23H,10-15H2/t16?,17?,18?,23-,24?/m1/s1. The van der Waals surface area contributed by atoms with Gasteiger partial charge in [0.2, 0.25) is 6.23 Å². The third-order valence-electron chi connectivity index (χ3n) is 7.41. The molecule has 0 spiro atoms. The summed E-state index contributed by atoms with van der Waals surface area (Å²) in [6.45, 7) is 0. The Labute approximate surface area is 171 Å². The van der Waals surface area contributed by atoms with Crippen LogP contribution in [-0.2, 0) is 4.84 Å². The van der Waals surface area contributed by atoms with Crippen molar-refractivity contribution in [2.24, 2.45) is 22.9 Å². The Balaban J connectivity index is 1.45. The molecular formula is C24H25ClN2O. The number of hydrogen-bond acceptors (Lipinski definition) is 3. The summed E-state index contributed by atoms with van der Waals surface area (Å²) in [5.41, 5.74) is 2.45. The molecule has 0 unspecified atom stereocenters. The van der Waals surface area contributed by atoms with Gasteiger partial charge in [0.15, 0.2) is 5.84 Å². The van der Waals surface area contributed by atoms with Crippen molar-refractivity contribution in [2.45, 2.75) is 50.3 Å². The molecule has 0 amide bonds. The average Bonchev–Trinajstić information content (AvgIpc) is 3.14. The van der Waals surface area contributed by atoms with Crippen molar-refractivity contribution in [1.82, 2.24) is 4.90 Å². The molecule has 0 N–H and O–H groups in total. The summed E-state index contributed by atoms with van der Waals surface area (Å²) in [6, 6.07) is 18.6. The molecule has 0 radical (unpaired) electrons. The molecule has 4 aliphatic carbocycles. The van der Waals surface area contributed by atoms with Gasteiger partial charge in [-0.25, -0.2) is 0 Å². The van der Waals surface area contributed by atoms with Crippen molar-refractivity contribution in [2.75, 3.05) is 0 Å². The minimum atomic E-state index is -0.163. The minimum Gasteiger partial charge on any atom is -0.363 e. The number of rotatable bonds is 3. The van der Waals surface area contributed by atoms with Crippen LogP contribution < -0.4 is 0 Å². The van der Waals surface area contributed by atoms with Gasteiger partial charge in [-0.2, -0.15) is 0 Å². The lowest BCUT2D eigenvalue weighted by molar-refractivity contribution is -0.116. The highest BCUT2D eigenvalue weighted by molar-refractivity contribution is 6.30. The van der Waals surface area contributed by atoms with Gasteiger partial charge in [-0.05, 0) is 68.4 Å². The van der Waals surface area contributed by atoms with Crippen LogP contribution in [0.4, 0.5) is 0 Å². The Hall–Kier alpha value is -2.00. The van der Waals surface area contributed by atoms with Crippen molar-refractivity contribution in [3.8, 4) is 0 Å². The third-order valence-corrected chi connectivity index (χ3v) is 7.66. The zero-order valence-electron chi connectivity index (χ0n) is 15.9. The van der Waals surface area contributed by atoms with E-state index < -0.39 is 0 Å². The van der Waals surface area contributed by atoms with Crippen molar-refractivity contribution < 1.29 is 4.84 Å². The number of amidine groups is 1. The molecule has 3 nitrogen and oxygen atoms in total. The molecule has 1 heterocycles. The molecule has 28 heavy (non-hydrogen) atoms. The summed E-state index contributed by atoms with van der Waals surface area (Å²) in [7, 11) is 0. The van der Waals surface area contributed by atoms with Gasteiger partial charge in [0.25, 0.3) is 0 Å². The first-order valence-corrected chi connectivity index (χ1v) is 10.9. The van der Waals surface area contributed by atoms with Gasteiger partial charge < -0.3 is 9.74 Å². The van der Waals surface area contributed by atoms with E-state index >= 15 is 0 Å². The summed E-state index contributed by atoms with van der Waals surface area (Å²) in [5.74, 6) is 3.61. The summed E-state index contributed by atoms with van der Waals surface area (Å²) in [4.78, 5) is 8.67. The predicted molar refractivity (Wildman–Crippen MR) is 111 cm³/mol. The molecule has 4 heteroatoms. The Morgan fingerprint density at radius 2 is 1.46 bits per heavy atom. The van der Waals surface area contributed by atoms with Crippen LogP contribution in [0.2, 0.25) is 5.02 Å². The normalized spacial score (nSPS) is 35.8. The van der Waals surface area contributed by atoms with E-state index in [1.807, 2.05) is 12.1 Å². The average molecular weight is 393 g/mol. The Bertz CT molecular complexity index is 873. The minimum absolute atomic E-state index is 0.163. The van der Waals surface area contributed by atoms with Crippen molar-refractivity contribution in [3.05, 3.63) is 70.7 Å². The topological polar surface area (TPSA) is 24.8 Å². The van der Waals surface area contributed by atoms with E-state index in [4.69, 9.17) is 16.4 Å². The highest BCUT2D eigenvalue weighted by Crippen LogP contribution is 2.60. The second-order valence-electron chi connectivity index (χ2n) is 9.30. The molecule has 4 saturated carbocycles. The van der Waals surface area contributed by atoms with E-state index in [0.717, 1.165) is 39.7 Å². The first-order chi connectivity index (χ1) is 13.7. The Kier molecular flexibility index (Phi) is 3.77. The summed E-state index contributed by atoms with van der Waals surface area (Å²) in [6.07, 6.45) is 7.95. The highest BCUT2D eigenvalue weighted by atomic mass is 35.5. The van der Waals surface area contributed by atoms with E-state index in [2.05, 4.69) is 52.5 Å². The summed E-state index contributed by atoms with van der Waals surface area (Å²) in [5, 5.41) is 5.39. The SMILES string of the molecule is Clc1ccc([C@H]2ON=C(c3ccccc3)N2C23CC4CC(CC(C4)C2)C3)cc1. The second kappa shape index (κ2) is 6.25. The van der Waals surface area contributed by atoms with E-state index in [0.29, 0.717) is 0 Å². The van der Waals surface area contributed by atoms with Crippen molar-refractivity contribution >= 4 is 17.4 Å². The van der Waals surface area contributed by atoms with Gasteiger partial charge in [-0.15, -0.1) is 0 Å². The largest absolute Gasteiger partial charge is 0.363 e. The lowest BCUT2D eigenvalue weighted by Crippen LogP contribution is -2.61. The first-order valence-electron chi connectivity index (χ1n) is 10.5. The maximum Gasteiger partial charge on any atom is 0.227 e. The van der Waals surface area contributed by atoms with E-state index in [9.17, 15) is 0 Å². The molecule has 2 aromatic rings. The van der Waals surface area contributed by atoms with Crippen LogP contribution >= 0.6 is 11.6 Å². The van der Waals surface area contributed by atoms with Gasteiger partial charge in [0.1, 0.15) is 0 Å². The molecule has 144 valence electrons. The van der Waals surface area contributed by atoms with E-state index in [1.165, 1.54) is 38.5 Å². The number of oxime groups is 1. The number of halogens is 1. The predicted octanol–water partition coefficient (Wildman–Crippen LogP) is 6.00. The zero-order valence-corrected chi connectivity index (χ0v) is 16.7. The van der Waals surface area contributed by atoms with Crippen LogP contribution in [0.1, 0.15) is 55.9 Å². The van der Waals surface area contributed by atoms with Gasteiger partial charge in [0, 0.05) is 21.7 Å². The lowest BCUT2D eigenvalue weighted by atomic mass is 9.52. The smallest absolute Gasteiger partial charge is 0.227 e. The van der Waals surface area contributed by atoms with E-state index in [1.54, 1.807) is 0 Å². The quantitative estimate of drug-likeness (QED) is 0.639. The van der Waals surface area contributed by atoms with Crippen LogP contribution in [0, 0.1) is 17.8 Å². The van der Waals surface area contributed by atoms with Crippen LogP contribution in [0.3, 0.4) is 0 Å². The van der Waals surface area contributed by atoms with E-state index in [-0.39, 0.29) is 11.8 Å². The fourth-order valence-corrected chi connectivity index (χ4v) is 6.88. The molecule has 4 bridgehead atoms. The van der Waals surface area contributed by atoms with Crippen LogP contribution in [0.5, 0.6) is 0 Å². The lowest BCUT2D eigenvalue weighted by Gasteiger charge is -2.60. The van der Waals surface area contributed by atoms with Crippen LogP contribution in [0.25, 0.3) is 0 Å². The number of benzene rings is 2. The monoisotopic (exact) mass is 392 g/mol. The fourth-order valence-electron chi connectivity index (χ4n) is 6.75. The van der Waals surface area contributed by atoms with Gasteiger partial charge in [-0.1, -0.05) is 59.2 Å². The van der Waals surface area contributed by atoms with Gasteiger partial charge in [-0.3, -0.25) is 0 Å². The molecule has 1 aliphatic heterocycles. The zero-order chi connectivity index (χ0) is 18.7. The molecule has 2 aromatic carbocycles. The Morgan fingerprint density at radius 3 is 2.07 bits per heavy atom. The fraction of sp³-hybridized carbons (Fsp3) is 0.458. The summed E-state index contributed by atoms with van der Waals surface area (Å²) < 4.78 is 0. The third kappa shape index (κ3) is 2.59. The molecule has 7 rings (SSSR count). The first kappa shape index (κ1) is 16.9. The highest BCUT2D eigenvalue weighted by Gasteiger charge is 2.57. The van der Waals surface area contributed by atoms with Crippen molar-refractivity contribution in [1.29, 1.82) is 0 Å². The molecule has 0 saturated heterocycles. The maximum absolute atomic E-state index is 6.15. The molecular weight excluding hydrogens is 368 g/mol. The Morgan fingerprint density at radius 1 is 0.857 bits per heavy atom. The molecule has 0 aromatic heterocycles. The molecule has 5 aliphatic rings. The van der Waals surface area contributed by atoms with Crippen molar-refractivity contribution in [3.63, 3.8) is 0 Å². The summed E-state index contributed by atoms with van der Waals surface area (Å²) >= 11 is 6.15. The maximum atomic E-state index is 6.15. The molecule has 1 atom stereocenters. The van der Waals surface area contributed by atoms with Gasteiger partial charge in [0.05, 0.1) is 0 Å². The second-order valence-corrected chi connectivity index (χ2v) is 9.74. The van der Waals surface area contributed by atoms with Crippen LogP contribution in [0.15, 0.2) is 59.8 Å². The molecule has 4 fully saturated rings. The number of hydrogen-bond donors (Lipinski definition) is 0.